The maximum absolute atomic E-state index is 14.3. The number of carbonyl (C=O) groups excluding carboxylic acids is 1. The molecule has 2 aromatic rings. The maximum atomic E-state index is 14.3. The molecule has 2 N–H and O–H groups in total. The van der Waals surface area contributed by atoms with Crippen LogP contribution in [0.4, 0.5) is 20.3 Å². The number of carbonyl (C=O) groups is 1. The second-order valence-corrected chi connectivity index (χ2v) is 6.87. The van der Waals surface area contributed by atoms with Crippen molar-refractivity contribution in [3.05, 3.63) is 51.1 Å². The number of benzene rings is 1. The first-order valence-corrected chi connectivity index (χ1v) is 8.61. The molecule has 1 aromatic carbocycles. The van der Waals surface area contributed by atoms with Crippen LogP contribution in [0.3, 0.4) is 0 Å². The third kappa shape index (κ3) is 4.45. The summed E-state index contributed by atoms with van der Waals surface area (Å²) in [5.74, 6) is -2.35. The average Bonchev–Trinajstić information content (AvgIpc) is 3.38. The summed E-state index contributed by atoms with van der Waals surface area (Å²) >= 11 is 9.03. The molecule has 0 unspecified atom stereocenters. The van der Waals surface area contributed by atoms with Crippen LogP contribution < -0.4 is 10.8 Å². The number of hydroxylamine groups is 1. The quantitative estimate of drug-likeness (QED) is 0.655. The van der Waals surface area contributed by atoms with Gasteiger partial charge in [-0.25, -0.2) is 19.2 Å². The van der Waals surface area contributed by atoms with E-state index in [9.17, 15) is 13.6 Å². The van der Waals surface area contributed by atoms with Crippen LogP contribution in [0.5, 0.6) is 0 Å². The van der Waals surface area contributed by atoms with Crippen molar-refractivity contribution in [3.8, 4) is 0 Å². The normalized spacial score (nSPS) is 13.6. The number of nitrogens with one attached hydrogen (secondary N) is 2. The van der Waals surface area contributed by atoms with E-state index in [-0.39, 0.29) is 17.1 Å². The van der Waals surface area contributed by atoms with Crippen LogP contribution in [-0.4, -0.2) is 17.5 Å². The van der Waals surface area contributed by atoms with Crippen molar-refractivity contribution in [3.63, 3.8) is 0 Å². The fraction of sp³-hybridized carbons (Fsp3) is 0.250. The molecule has 1 amide bonds. The lowest BCUT2D eigenvalue weighted by Gasteiger charge is -2.14. The Morgan fingerprint density at radius 1 is 1.40 bits per heavy atom. The summed E-state index contributed by atoms with van der Waals surface area (Å²) in [6.45, 7) is 0.391. The Balaban J connectivity index is 1.85. The zero-order valence-corrected chi connectivity index (χ0v) is 15.1. The van der Waals surface area contributed by atoms with Crippen LogP contribution in [-0.2, 0) is 4.84 Å². The van der Waals surface area contributed by atoms with E-state index in [2.05, 4.69) is 31.7 Å². The average molecular weight is 433 g/mol. The van der Waals surface area contributed by atoms with Gasteiger partial charge in [0, 0.05) is 6.20 Å². The molecule has 0 bridgehead atoms. The van der Waals surface area contributed by atoms with Crippen LogP contribution in [0.2, 0.25) is 5.02 Å². The molecule has 1 aliphatic rings. The van der Waals surface area contributed by atoms with Gasteiger partial charge in [-0.3, -0.25) is 9.63 Å². The first kappa shape index (κ1) is 18.0. The molecule has 0 spiro atoms. The summed E-state index contributed by atoms with van der Waals surface area (Å²) < 4.78 is 28.3. The van der Waals surface area contributed by atoms with Crippen molar-refractivity contribution in [2.75, 3.05) is 11.9 Å². The topological polar surface area (TPSA) is 63.2 Å². The molecular weight excluding hydrogens is 420 g/mol. The van der Waals surface area contributed by atoms with Gasteiger partial charge in [0.05, 0.1) is 27.4 Å². The summed E-state index contributed by atoms with van der Waals surface area (Å²) in [4.78, 5) is 21.3. The van der Waals surface area contributed by atoms with Gasteiger partial charge in [0.25, 0.3) is 5.91 Å². The highest BCUT2D eigenvalue weighted by atomic mass is 79.9. The molecule has 132 valence electrons. The fourth-order valence-electron chi connectivity index (χ4n) is 2.05. The number of pyridine rings is 1. The van der Waals surface area contributed by atoms with E-state index in [1.807, 2.05) is 0 Å². The van der Waals surface area contributed by atoms with Gasteiger partial charge in [0.1, 0.15) is 5.82 Å². The number of rotatable bonds is 6. The molecule has 1 aliphatic carbocycles. The molecule has 1 heterocycles. The SMILES string of the molecule is O=C(NOCC1CC1)c1ccc(F)c(F)c1Nc1ncc(Cl)cc1Br. The zero-order valence-electron chi connectivity index (χ0n) is 12.8. The Kier molecular flexibility index (Phi) is 5.51. The number of nitrogens with zero attached hydrogens (tertiary/aromatic N) is 1. The zero-order chi connectivity index (χ0) is 18.0. The molecule has 1 aromatic heterocycles. The van der Waals surface area contributed by atoms with Crippen LogP contribution in [0.15, 0.2) is 28.9 Å². The molecule has 0 radical (unpaired) electrons. The predicted molar refractivity (Wildman–Crippen MR) is 92.7 cm³/mol. The standard InChI is InChI=1S/C16H13BrClF2N3O2/c17-11-5-9(18)6-21-15(11)22-14-10(3-4-12(19)13(14)20)16(24)23-25-7-8-1-2-8/h3-6,8H,1-2,7H2,(H,21,22)(H,23,24). The molecule has 0 saturated heterocycles. The molecule has 0 aliphatic heterocycles. The lowest BCUT2D eigenvalue weighted by Crippen LogP contribution is -2.26. The van der Waals surface area contributed by atoms with Crippen LogP contribution in [0.1, 0.15) is 23.2 Å². The van der Waals surface area contributed by atoms with Crippen molar-refractivity contribution >= 4 is 44.9 Å². The van der Waals surface area contributed by atoms with Gasteiger partial charge in [-0.05, 0) is 52.9 Å². The Morgan fingerprint density at radius 2 is 2.16 bits per heavy atom. The number of aromatic nitrogens is 1. The monoisotopic (exact) mass is 431 g/mol. The first-order valence-electron chi connectivity index (χ1n) is 7.44. The fourth-order valence-corrected chi connectivity index (χ4v) is 2.79. The third-order valence-corrected chi connectivity index (χ3v) is 4.38. The van der Waals surface area contributed by atoms with Crippen LogP contribution in [0, 0.1) is 17.6 Å². The Morgan fingerprint density at radius 3 is 2.84 bits per heavy atom. The summed E-state index contributed by atoms with van der Waals surface area (Å²) in [7, 11) is 0. The highest BCUT2D eigenvalue weighted by Crippen LogP contribution is 2.31. The number of hydrogen-bond acceptors (Lipinski definition) is 4. The highest BCUT2D eigenvalue weighted by Gasteiger charge is 2.23. The Labute approximate surface area is 155 Å². The number of halogens is 4. The van der Waals surface area contributed by atoms with Crippen molar-refractivity contribution in [1.82, 2.24) is 10.5 Å². The second kappa shape index (κ2) is 7.63. The molecular formula is C16H13BrClF2N3O2. The van der Waals surface area contributed by atoms with E-state index < -0.39 is 17.5 Å². The lowest BCUT2D eigenvalue weighted by atomic mass is 10.1. The summed E-state index contributed by atoms with van der Waals surface area (Å²) in [6.07, 6.45) is 3.46. The van der Waals surface area contributed by atoms with Crippen molar-refractivity contribution < 1.29 is 18.4 Å². The van der Waals surface area contributed by atoms with Gasteiger partial charge in [-0.2, -0.15) is 0 Å². The molecule has 1 fully saturated rings. The van der Waals surface area contributed by atoms with Crippen LogP contribution in [0.25, 0.3) is 0 Å². The minimum absolute atomic E-state index is 0.113. The summed E-state index contributed by atoms with van der Waals surface area (Å²) in [5.41, 5.74) is 1.79. The Bertz CT molecular complexity index is 818. The van der Waals surface area contributed by atoms with Gasteiger partial charge in [-0.1, -0.05) is 11.6 Å². The summed E-state index contributed by atoms with van der Waals surface area (Å²) in [6, 6.07) is 3.58. The first-order chi connectivity index (χ1) is 12.0. The minimum atomic E-state index is -1.20. The molecule has 0 atom stereocenters. The van der Waals surface area contributed by atoms with Crippen molar-refractivity contribution in [1.29, 1.82) is 0 Å². The summed E-state index contributed by atoms with van der Waals surface area (Å²) in [5, 5.41) is 2.99. The minimum Gasteiger partial charge on any atom is -0.336 e. The van der Waals surface area contributed by atoms with E-state index in [1.165, 1.54) is 18.3 Å². The molecule has 25 heavy (non-hydrogen) atoms. The molecule has 9 heteroatoms. The van der Waals surface area contributed by atoms with Crippen molar-refractivity contribution in [2.24, 2.45) is 5.92 Å². The van der Waals surface area contributed by atoms with Crippen molar-refractivity contribution in [2.45, 2.75) is 12.8 Å². The maximum Gasteiger partial charge on any atom is 0.277 e. The van der Waals surface area contributed by atoms with Gasteiger partial charge >= 0.3 is 0 Å². The lowest BCUT2D eigenvalue weighted by molar-refractivity contribution is 0.0270. The molecule has 3 rings (SSSR count). The van der Waals surface area contributed by atoms with Crippen LogP contribution >= 0.6 is 27.5 Å². The second-order valence-electron chi connectivity index (χ2n) is 5.58. The third-order valence-electron chi connectivity index (χ3n) is 3.57. The van der Waals surface area contributed by atoms with Gasteiger partial charge in [0.15, 0.2) is 11.6 Å². The van der Waals surface area contributed by atoms with E-state index in [4.69, 9.17) is 16.4 Å². The molecule has 5 nitrogen and oxygen atoms in total. The van der Waals surface area contributed by atoms with E-state index in [0.29, 0.717) is 22.0 Å². The largest absolute Gasteiger partial charge is 0.336 e. The smallest absolute Gasteiger partial charge is 0.277 e. The highest BCUT2D eigenvalue weighted by molar-refractivity contribution is 9.10. The van der Waals surface area contributed by atoms with Gasteiger partial charge in [-0.15, -0.1) is 0 Å². The number of amides is 1. The van der Waals surface area contributed by atoms with E-state index >= 15 is 0 Å². The van der Waals surface area contributed by atoms with Gasteiger partial charge < -0.3 is 5.32 Å². The van der Waals surface area contributed by atoms with E-state index in [0.717, 1.165) is 18.9 Å². The molecule has 1 saturated carbocycles. The predicted octanol–water partition coefficient (Wildman–Crippen LogP) is 4.59. The Hall–Kier alpha value is -1.77. The van der Waals surface area contributed by atoms with Gasteiger partial charge in [0.2, 0.25) is 0 Å². The van der Waals surface area contributed by atoms with E-state index in [1.54, 1.807) is 0 Å². The number of anilines is 2. The number of hydrogen-bond donors (Lipinski definition) is 2.